The fourth-order valence-electron chi connectivity index (χ4n) is 2.34. The Hall–Kier alpha value is -2.08. The van der Waals surface area contributed by atoms with E-state index in [4.69, 9.17) is 5.26 Å². The smallest absolute Gasteiger partial charge is 0.255 e. The Morgan fingerprint density at radius 1 is 1.28 bits per heavy atom. The van der Waals surface area contributed by atoms with Crippen LogP contribution in [0.2, 0.25) is 0 Å². The molecular weight excluding hydrogens is 224 g/mol. The maximum Gasteiger partial charge on any atom is 0.255 e. The van der Waals surface area contributed by atoms with Gasteiger partial charge in [0.1, 0.15) is 0 Å². The molecule has 0 aliphatic rings. The first kappa shape index (κ1) is 12.4. The molecule has 0 amide bonds. The maximum absolute atomic E-state index is 12.3. The molecule has 0 N–H and O–H groups in total. The summed E-state index contributed by atoms with van der Waals surface area (Å²) in [6, 6.07) is 8.07. The van der Waals surface area contributed by atoms with Gasteiger partial charge in [0.15, 0.2) is 0 Å². The molecule has 92 valence electrons. The molecule has 2 rings (SSSR count). The van der Waals surface area contributed by atoms with Crippen molar-refractivity contribution in [2.75, 3.05) is 0 Å². The van der Waals surface area contributed by atoms with Gasteiger partial charge in [-0.05, 0) is 38.0 Å². The minimum absolute atomic E-state index is 0.0785. The highest BCUT2D eigenvalue weighted by Crippen LogP contribution is 2.23. The van der Waals surface area contributed by atoms with E-state index in [2.05, 4.69) is 6.07 Å². The van der Waals surface area contributed by atoms with Gasteiger partial charge in [-0.3, -0.25) is 4.79 Å². The maximum atomic E-state index is 12.3. The fraction of sp³-hybridized carbons (Fsp3) is 0.333. The number of pyridine rings is 1. The number of aryl methyl sites for hydroxylation is 3. The normalized spacial score (nSPS) is 12.4. The highest BCUT2D eigenvalue weighted by atomic mass is 16.1. The molecule has 0 aliphatic carbocycles. The van der Waals surface area contributed by atoms with Crippen molar-refractivity contribution in [1.82, 2.24) is 4.57 Å². The van der Waals surface area contributed by atoms with Crippen molar-refractivity contribution < 1.29 is 0 Å². The summed E-state index contributed by atoms with van der Waals surface area (Å²) >= 11 is 0. The number of benzene rings is 1. The van der Waals surface area contributed by atoms with E-state index in [9.17, 15) is 4.79 Å². The van der Waals surface area contributed by atoms with Gasteiger partial charge in [-0.2, -0.15) is 5.26 Å². The zero-order valence-corrected chi connectivity index (χ0v) is 11.1. The number of fused-ring (bicyclic) bond motifs is 1. The lowest BCUT2D eigenvalue weighted by atomic mass is 9.98. The second-order valence-electron chi connectivity index (χ2n) is 4.78. The minimum atomic E-state index is -0.381. The lowest BCUT2D eigenvalue weighted by molar-refractivity contribution is 0.847. The van der Waals surface area contributed by atoms with Crippen molar-refractivity contribution in [1.29, 1.82) is 5.26 Å². The van der Waals surface area contributed by atoms with E-state index >= 15 is 0 Å². The minimum Gasteiger partial charge on any atom is -0.311 e. The average Bonchev–Trinajstić information content (AvgIpc) is 2.36. The van der Waals surface area contributed by atoms with Crippen molar-refractivity contribution >= 4 is 10.9 Å². The van der Waals surface area contributed by atoms with E-state index in [0.717, 1.165) is 22.0 Å². The molecule has 2 aromatic rings. The summed E-state index contributed by atoms with van der Waals surface area (Å²) in [5.74, 6) is -0.381. The third-order valence-corrected chi connectivity index (χ3v) is 3.48. The number of nitriles is 1. The van der Waals surface area contributed by atoms with Gasteiger partial charge in [0.25, 0.3) is 5.56 Å². The van der Waals surface area contributed by atoms with Crippen LogP contribution in [0.25, 0.3) is 10.9 Å². The molecule has 3 nitrogen and oxygen atoms in total. The first-order valence-electron chi connectivity index (χ1n) is 5.96. The number of aromatic nitrogens is 1. The van der Waals surface area contributed by atoms with Gasteiger partial charge >= 0.3 is 0 Å². The molecule has 1 heterocycles. The highest BCUT2D eigenvalue weighted by Gasteiger charge is 2.14. The van der Waals surface area contributed by atoms with Crippen LogP contribution >= 0.6 is 0 Å². The van der Waals surface area contributed by atoms with E-state index in [1.54, 1.807) is 18.5 Å². The zero-order valence-electron chi connectivity index (χ0n) is 11.1. The average molecular weight is 240 g/mol. The van der Waals surface area contributed by atoms with Crippen LogP contribution in [-0.2, 0) is 7.05 Å². The Kier molecular flexibility index (Phi) is 2.96. The molecule has 0 saturated heterocycles. The Morgan fingerprint density at radius 2 is 1.89 bits per heavy atom. The lowest BCUT2D eigenvalue weighted by Crippen LogP contribution is -2.23. The third kappa shape index (κ3) is 1.70. The number of hydrogen-bond acceptors (Lipinski definition) is 2. The predicted octanol–water partition coefficient (Wildman–Crippen LogP) is 2.78. The summed E-state index contributed by atoms with van der Waals surface area (Å²) in [6.07, 6.45) is 0. The molecule has 0 radical (unpaired) electrons. The van der Waals surface area contributed by atoms with Crippen LogP contribution < -0.4 is 5.56 Å². The van der Waals surface area contributed by atoms with Crippen molar-refractivity contribution in [3.05, 3.63) is 45.2 Å². The zero-order chi connectivity index (χ0) is 13.4. The van der Waals surface area contributed by atoms with Crippen LogP contribution in [0.15, 0.2) is 23.0 Å². The van der Waals surface area contributed by atoms with E-state index in [1.807, 2.05) is 32.0 Å². The summed E-state index contributed by atoms with van der Waals surface area (Å²) in [5, 5.41) is 10.1. The summed E-state index contributed by atoms with van der Waals surface area (Å²) < 4.78 is 1.65. The molecule has 0 spiro atoms. The van der Waals surface area contributed by atoms with Gasteiger partial charge in [-0.25, -0.2) is 0 Å². The van der Waals surface area contributed by atoms with Gasteiger partial charge in [0.2, 0.25) is 0 Å². The molecule has 1 aromatic carbocycles. The SMILES string of the molecule is Cc1ccc(C)c2c1cc(C(C)C#N)c(=O)n2C. The Bertz CT molecular complexity index is 720. The molecule has 1 aromatic heterocycles. The quantitative estimate of drug-likeness (QED) is 0.769. The summed E-state index contributed by atoms with van der Waals surface area (Å²) in [7, 11) is 1.77. The fourth-order valence-corrected chi connectivity index (χ4v) is 2.34. The van der Waals surface area contributed by atoms with Crippen LogP contribution in [0.3, 0.4) is 0 Å². The standard InChI is InChI=1S/C15H16N2O/c1-9-5-6-10(2)14-12(9)7-13(11(3)8-16)15(18)17(14)4/h5-7,11H,1-4H3. The largest absolute Gasteiger partial charge is 0.311 e. The van der Waals surface area contributed by atoms with Crippen molar-refractivity contribution in [2.24, 2.45) is 7.05 Å². The Morgan fingerprint density at radius 3 is 2.50 bits per heavy atom. The number of rotatable bonds is 1. The van der Waals surface area contributed by atoms with Gasteiger partial charge < -0.3 is 4.57 Å². The van der Waals surface area contributed by atoms with Gasteiger partial charge in [0.05, 0.1) is 17.5 Å². The molecule has 1 unspecified atom stereocenters. The van der Waals surface area contributed by atoms with Crippen molar-refractivity contribution in [3.8, 4) is 6.07 Å². The van der Waals surface area contributed by atoms with Gasteiger partial charge in [0, 0.05) is 18.0 Å². The molecule has 3 heteroatoms. The molecule has 18 heavy (non-hydrogen) atoms. The van der Waals surface area contributed by atoms with Crippen molar-refractivity contribution in [3.63, 3.8) is 0 Å². The van der Waals surface area contributed by atoms with Crippen LogP contribution in [-0.4, -0.2) is 4.57 Å². The molecule has 0 bridgehead atoms. The number of nitrogens with zero attached hydrogens (tertiary/aromatic N) is 2. The number of hydrogen-bond donors (Lipinski definition) is 0. The van der Waals surface area contributed by atoms with E-state index in [-0.39, 0.29) is 11.5 Å². The van der Waals surface area contributed by atoms with Crippen LogP contribution in [0, 0.1) is 25.2 Å². The summed E-state index contributed by atoms with van der Waals surface area (Å²) in [5.41, 5.74) is 3.64. The summed E-state index contributed by atoms with van der Waals surface area (Å²) in [4.78, 5) is 12.3. The topological polar surface area (TPSA) is 45.8 Å². The molecular formula is C15H16N2O. The predicted molar refractivity (Wildman–Crippen MR) is 72.7 cm³/mol. The van der Waals surface area contributed by atoms with Gasteiger partial charge in [-0.1, -0.05) is 12.1 Å². The third-order valence-electron chi connectivity index (χ3n) is 3.48. The second-order valence-corrected chi connectivity index (χ2v) is 4.78. The van der Waals surface area contributed by atoms with Crippen LogP contribution in [0.4, 0.5) is 0 Å². The first-order chi connectivity index (χ1) is 8.47. The lowest BCUT2D eigenvalue weighted by Gasteiger charge is -2.13. The van der Waals surface area contributed by atoms with Crippen LogP contribution in [0.5, 0.6) is 0 Å². The monoisotopic (exact) mass is 240 g/mol. The highest BCUT2D eigenvalue weighted by molar-refractivity contribution is 5.86. The molecule has 1 atom stereocenters. The van der Waals surface area contributed by atoms with E-state index in [0.29, 0.717) is 5.56 Å². The van der Waals surface area contributed by atoms with Gasteiger partial charge in [-0.15, -0.1) is 0 Å². The molecule has 0 saturated carbocycles. The van der Waals surface area contributed by atoms with E-state index in [1.165, 1.54) is 0 Å². The first-order valence-corrected chi connectivity index (χ1v) is 5.96. The van der Waals surface area contributed by atoms with Crippen LogP contribution in [0.1, 0.15) is 29.5 Å². The Labute approximate surface area is 106 Å². The van der Waals surface area contributed by atoms with Crippen molar-refractivity contribution in [2.45, 2.75) is 26.7 Å². The summed E-state index contributed by atoms with van der Waals surface area (Å²) in [6.45, 7) is 5.77. The van der Waals surface area contributed by atoms with E-state index < -0.39 is 0 Å². The second kappa shape index (κ2) is 4.30. The molecule has 0 fully saturated rings. The molecule has 0 aliphatic heterocycles. The Balaban J connectivity index is 2.98.